The Kier molecular flexibility index (Phi) is 2.54. The first kappa shape index (κ1) is 11.7. The van der Waals surface area contributed by atoms with Gasteiger partial charge in [0.1, 0.15) is 11.5 Å². The first-order chi connectivity index (χ1) is 9.15. The number of nitrogens with one attached hydrogen (secondary N) is 1. The molecular formula is C14H9ClN2O2. The smallest absolute Gasteiger partial charge is 0.133 e. The summed E-state index contributed by atoms with van der Waals surface area (Å²) in [5.74, 6) is -0.0456. The lowest BCUT2D eigenvalue weighted by molar-refractivity contribution is 0.478. The molecular weight excluding hydrogens is 264 g/mol. The summed E-state index contributed by atoms with van der Waals surface area (Å²) < 4.78 is 0. The van der Waals surface area contributed by atoms with Crippen LogP contribution in [-0.4, -0.2) is 10.2 Å². The molecule has 0 aliphatic carbocycles. The summed E-state index contributed by atoms with van der Waals surface area (Å²) in [6.07, 6.45) is 0. The van der Waals surface area contributed by atoms with Crippen molar-refractivity contribution in [1.29, 1.82) is 5.53 Å². The van der Waals surface area contributed by atoms with Gasteiger partial charge in [0.15, 0.2) is 0 Å². The van der Waals surface area contributed by atoms with E-state index in [4.69, 9.17) is 17.1 Å². The van der Waals surface area contributed by atoms with Crippen molar-refractivity contribution >= 4 is 38.8 Å². The van der Waals surface area contributed by atoms with Crippen molar-refractivity contribution in [3.63, 3.8) is 0 Å². The molecule has 4 nitrogen and oxygen atoms in total. The number of hydrogen-bond acceptors (Lipinski definition) is 4. The molecule has 0 fully saturated rings. The number of phenolic OH excluding ortho intramolecular Hbond substituents is 2. The highest BCUT2D eigenvalue weighted by molar-refractivity contribution is 6.37. The van der Waals surface area contributed by atoms with E-state index in [0.29, 0.717) is 32.3 Å². The molecule has 0 spiro atoms. The maximum absolute atomic E-state index is 10.4. The number of fused-ring (bicyclic) bond motifs is 2. The third-order valence-corrected chi connectivity index (χ3v) is 3.48. The highest BCUT2D eigenvalue weighted by Gasteiger charge is 2.17. The molecule has 0 aliphatic rings. The van der Waals surface area contributed by atoms with Gasteiger partial charge in [-0.25, -0.2) is 5.53 Å². The summed E-state index contributed by atoms with van der Waals surface area (Å²) in [7, 11) is 0. The van der Waals surface area contributed by atoms with E-state index >= 15 is 0 Å². The summed E-state index contributed by atoms with van der Waals surface area (Å²) in [6.45, 7) is 0. The van der Waals surface area contributed by atoms with Gasteiger partial charge in [-0.15, -0.1) is 0 Å². The second kappa shape index (κ2) is 4.10. The van der Waals surface area contributed by atoms with Gasteiger partial charge in [0.05, 0.1) is 16.1 Å². The number of aromatic hydroxyl groups is 2. The predicted octanol–water partition coefficient (Wildman–Crippen LogP) is 4.72. The van der Waals surface area contributed by atoms with Gasteiger partial charge >= 0.3 is 0 Å². The van der Waals surface area contributed by atoms with Crippen LogP contribution in [0.5, 0.6) is 11.5 Å². The number of benzene rings is 3. The van der Waals surface area contributed by atoms with Crippen LogP contribution >= 0.6 is 11.6 Å². The van der Waals surface area contributed by atoms with Crippen LogP contribution in [0.3, 0.4) is 0 Å². The summed E-state index contributed by atoms with van der Waals surface area (Å²) in [5.41, 5.74) is 7.45. The molecule has 3 aromatic rings. The zero-order chi connectivity index (χ0) is 13.6. The normalized spacial score (nSPS) is 11.0. The molecule has 5 heteroatoms. The summed E-state index contributed by atoms with van der Waals surface area (Å²) in [6, 6.07) is 9.92. The van der Waals surface area contributed by atoms with Crippen LogP contribution in [0, 0.1) is 5.53 Å². The fourth-order valence-electron chi connectivity index (χ4n) is 2.31. The minimum Gasteiger partial charge on any atom is -0.507 e. The Hall–Kier alpha value is -2.33. The molecule has 0 radical (unpaired) electrons. The number of halogens is 1. The summed E-state index contributed by atoms with van der Waals surface area (Å²) in [5, 5.41) is 26.0. The average Bonchev–Trinajstić information content (AvgIpc) is 2.43. The fourth-order valence-corrected chi connectivity index (χ4v) is 2.58. The van der Waals surface area contributed by atoms with E-state index < -0.39 is 0 Å². The second-order valence-corrected chi connectivity index (χ2v) is 4.58. The van der Waals surface area contributed by atoms with E-state index in [1.807, 2.05) is 0 Å². The molecule has 0 saturated carbocycles. The Balaban J connectivity index is 2.69. The maximum atomic E-state index is 10.4. The van der Waals surface area contributed by atoms with E-state index in [0.717, 1.165) is 0 Å². The van der Waals surface area contributed by atoms with Crippen LogP contribution in [0.4, 0.5) is 5.69 Å². The molecule has 0 bridgehead atoms. The van der Waals surface area contributed by atoms with E-state index in [1.54, 1.807) is 36.4 Å². The third-order valence-electron chi connectivity index (χ3n) is 3.16. The lowest BCUT2D eigenvalue weighted by Gasteiger charge is -2.11. The van der Waals surface area contributed by atoms with Gasteiger partial charge in [-0.2, -0.15) is 5.11 Å². The SMILES string of the molecule is N=Nc1cccc2c(O)c3c(Cl)cccc3c(O)c12. The molecule has 0 heterocycles. The molecule has 3 aromatic carbocycles. The molecule has 94 valence electrons. The Morgan fingerprint density at radius 1 is 0.895 bits per heavy atom. The molecule has 19 heavy (non-hydrogen) atoms. The monoisotopic (exact) mass is 272 g/mol. The number of rotatable bonds is 1. The Morgan fingerprint density at radius 3 is 2.16 bits per heavy atom. The molecule has 0 amide bonds. The lowest BCUT2D eigenvalue weighted by Crippen LogP contribution is -1.83. The van der Waals surface area contributed by atoms with Crippen molar-refractivity contribution in [2.45, 2.75) is 0 Å². The molecule has 0 unspecified atom stereocenters. The minimum absolute atomic E-state index is 0.0149. The van der Waals surface area contributed by atoms with Gasteiger partial charge < -0.3 is 10.2 Å². The zero-order valence-corrected chi connectivity index (χ0v) is 10.4. The Morgan fingerprint density at radius 2 is 1.47 bits per heavy atom. The Labute approximate surface area is 113 Å². The predicted molar refractivity (Wildman–Crippen MR) is 74.6 cm³/mol. The first-order valence-electron chi connectivity index (χ1n) is 5.57. The largest absolute Gasteiger partial charge is 0.507 e. The first-order valence-corrected chi connectivity index (χ1v) is 5.95. The summed E-state index contributed by atoms with van der Waals surface area (Å²) in [4.78, 5) is 0. The van der Waals surface area contributed by atoms with Crippen LogP contribution in [0.2, 0.25) is 5.02 Å². The number of nitrogens with zero attached hydrogens (tertiary/aromatic N) is 1. The summed E-state index contributed by atoms with van der Waals surface area (Å²) >= 11 is 6.08. The molecule has 0 atom stereocenters. The van der Waals surface area contributed by atoms with Gasteiger partial charge in [-0.3, -0.25) is 0 Å². The molecule has 0 aromatic heterocycles. The third kappa shape index (κ3) is 1.54. The van der Waals surface area contributed by atoms with Gasteiger partial charge in [-0.05, 0) is 12.1 Å². The van der Waals surface area contributed by atoms with E-state index in [1.165, 1.54) is 0 Å². The number of hydrogen-bond donors (Lipinski definition) is 3. The topological polar surface area (TPSA) is 76.7 Å². The van der Waals surface area contributed by atoms with Crippen molar-refractivity contribution in [3.05, 3.63) is 41.4 Å². The highest BCUT2D eigenvalue weighted by atomic mass is 35.5. The number of phenols is 2. The fraction of sp³-hybridized carbons (Fsp3) is 0. The van der Waals surface area contributed by atoms with Gasteiger partial charge in [0.2, 0.25) is 0 Å². The van der Waals surface area contributed by atoms with Crippen LogP contribution in [0.25, 0.3) is 21.5 Å². The average molecular weight is 273 g/mol. The Bertz CT molecular complexity index is 831. The highest BCUT2D eigenvalue weighted by Crippen LogP contribution is 2.46. The molecule has 3 N–H and O–H groups in total. The van der Waals surface area contributed by atoms with Gasteiger partial charge in [0.25, 0.3) is 0 Å². The van der Waals surface area contributed by atoms with Crippen molar-refractivity contribution in [3.8, 4) is 11.5 Å². The zero-order valence-electron chi connectivity index (χ0n) is 9.68. The molecule has 3 rings (SSSR count). The standard InChI is InChI=1S/C14H9ClN2O2/c15-9-5-1-3-7-11(9)13(18)8-4-2-6-10(17-16)12(8)14(7)19/h1-6,16,18-19H. The minimum atomic E-state index is -0.0306. The van der Waals surface area contributed by atoms with E-state index in [9.17, 15) is 10.2 Å². The second-order valence-electron chi connectivity index (χ2n) is 4.17. The lowest BCUT2D eigenvalue weighted by atomic mass is 9.99. The maximum Gasteiger partial charge on any atom is 0.133 e. The van der Waals surface area contributed by atoms with Crippen LogP contribution in [0.1, 0.15) is 0 Å². The molecule has 0 saturated heterocycles. The van der Waals surface area contributed by atoms with Gasteiger partial charge in [-0.1, -0.05) is 35.9 Å². The van der Waals surface area contributed by atoms with Crippen LogP contribution in [-0.2, 0) is 0 Å². The van der Waals surface area contributed by atoms with E-state index in [2.05, 4.69) is 5.11 Å². The van der Waals surface area contributed by atoms with Gasteiger partial charge in [0, 0.05) is 16.2 Å². The van der Waals surface area contributed by atoms with Crippen molar-refractivity contribution in [1.82, 2.24) is 0 Å². The van der Waals surface area contributed by atoms with Crippen molar-refractivity contribution < 1.29 is 10.2 Å². The van der Waals surface area contributed by atoms with E-state index in [-0.39, 0.29) is 11.5 Å². The van der Waals surface area contributed by atoms with Crippen molar-refractivity contribution in [2.75, 3.05) is 0 Å². The molecule has 0 aliphatic heterocycles. The van der Waals surface area contributed by atoms with Crippen molar-refractivity contribution in [2.24, 2.45) is 5.11 Å². The van der Waals surface area contributed by atoms with Crippen LogP contribution < -0.4 is 0 Å². The quantitative estimate of drug-likeness (QED) is 0.340. The van der Waals surface area contributed by atoms with Crippen LogP contribution in [0.15, 0.2) is 41.5 Å².